The van der Waals surface area contributed by atoms with E-state index in [1.54, 1.807) is 0 Å². The van der Waals surface area contributed by atoms with Gasteiger partial charge in [0.1, 0.15) is 0 Å². The van der Waals surface area contributed by atoms with E-state index < -0.39 is 0 Å². The summed E-state index contributed by atoms with van der Waals surface area (Å²) in [7, 11) is 0. The van der Waals surface area contributed by atoms with Gasteiger partial charge in [0, 0.05) is 3.57 Å². The third-order valence-electron chi connectivity index (χ3n) is 2.15. The SMILES string of the molecule is C=CCCCC(O)c1ccccc1I. The minimum Gasteiger partial charge on any atom is -0.388 e. The van der Waals surface area contributed by atoms with Gasteiger partial charge in [0.25, 0.3) is 0 Å². The van der Waals surface area contributed by atoms with E-state index in [1.165, 1.54) is 0 Å². The van der Waals surface area contributed by atoms with Crippen LogP contribution in [0, 0.1) is 3.57 Å². The van der Waals surface area contributed by atoms with E-state index in [0.717, 1.165) is 28.4 Å². The van der Waals surface area contributed by atoms with Crippen molar-refractivity contribution < 1.29 is 5.11 Å². The lowest BCUT2D eigenvalue weighted by atomic mass is 10.0. The first-order valence-corrected chi connectivity index (χ1v) is 5.87. The molecule has 1 aromatic carbocycles. The molecule has 1 N–H and O–H groups in total. The number of hydrogen-bond donors (Lipinski definition) is 1. The Morgan fingerprint density at radius 1 is 1.43 bits per heavy atom. The van der Waals surface area contributed by atoms with Crippen LogP contribution >= 0.6 is 22.6 Å². The Bertz CT molecular complexity index is 296. The minimum atomic E-state index is -0.331. The number of unbranched alkanes of at least 4 members (excludes halogenated alkanes) is 1. The molecule has 0 heterocycles. The second-order valence-electron chi connectivity index (χ2n) is 3.26. The monoisotopic (exact) mass is 302 g/mol. The van der Waals surface area contributed by atoms with Crippen LogP contribution < -0.4 is 0 Å². The molecule has 0 aromatic heterocycles. The molecule has 1 atom stereocenters. The van der Waals surface area contributed by atoms with Gasteiger partial charge in [0.05, 0.1) is 6.10 Å². The van der Waals surface area contributed by atoms with Crippen molar-refractivity contribution >= 4 is 22.6 Å². The van der Waals surface area contributed by atoms with Crippen LogP contribution in [0.5, 0.6) is 0 Å². The van der Waals surface area contributed by atoms with Crippen molar-refractivity contribution in [2.24, 2.45) is 0 Å². The van der Waals surface area contributed by atoms with E-state index in [4.69, 9.17) is 0 Å². The molecule has 1 unspecified atom stereocenters. The fourth-order valence-electron chi connectivity index (χ4n) is 1.36. The van der Waals surface area contributed by atoms with E-state index in [9.17, 15) is 5.11 Å². The number of aliphatic hydroxyl groups excluding tert-OH is 1. The molecule has 0 spiro atoms. The maximum Gasteiger partial charge on any atom is 0.0800 e. The van der Waals surface area contributed by atoms with Gasteiger partial charge in [0.2, 0.25) is 0 Å². The predicted molar refractivity (Wildman–Crippen MR) is 68.2 cm³/mol. The van der Waals surface area contributed by atoms with Crippen LogP contribution in [0.25, 0.3) is 0 Å². The maximum absolute atomic E-state index is 9.89. The molecule has 76 valence electrons. The highest BCUT2D eigenvalue weighted by molar-refractivity contribution is 14.1. The molecule has 1 rings (SSSR count). The third kappa shape index (κ3) is 3.42. The first-order valence-electron chi connectivity index (χ1n) is 4.79. The lowest BCUT2D eigenvalue weighted by Gasteiger charge is -2.11. The number of rotatable bonds is 5. The van der Waals surface area contributed by atoms with Crippen molar-refractivity contribution in [2.75, 3.05) is 0 Å². The quantitative estimate of drug-likeness (QED) is 0.500. The van der Waals surface area contributed by atoms with Crippen molar-refractivity contribution in [1.82, 2.24) is 0 Å². The Morgan fingerprint density at radius 2 is 2.14 bits per heavy atom. The number of benzene rings is 1. The summed E-state index contributed by atoms with van der Waals surface area (Å²) in [6, 6.07) is 7.96. The minimum absolute atomic E-state index is 0.331. The van der Waals surface area contributed by atoms with Crippen LogP contribution in [0.4, 0.5) is 0 Å². The maximum atomic E-state index is 9.89. The number of aliphatic hydroxyl groups is 1. The average Bonchev–Trinajstić information content (AvgIpc) is 2.18. The molecular formula is C12H15IO. The molecule has 0 aliphatic rings. The molecule has 0 saturated heterocycles. The molecular weight excluding hydrogens is 287 g/mol. The largest absolute Gasteiger partial charge is 0.388 e. The molecule has 0 saturated carbocycles. The Kier molecular flexibility index (Phi) is 5.19. The second-order valence-corrected chi connectivity index (χ2v) is 4.42. The average molecular weight is 302 g/mol. The summed E-state index contributed by atoms with van der Waals surface area (Å²) in [6.07, 6.45) is 4.34. The van der Waals surface area contributed by atoms with E-state index >= 15 is 0 Å². The molecule has 0 aliphatic heterocycles. The summed E-state index contributed by atoms with van der Waals surface area (Å²) >= 11 is 2.26. The summed E-state index contributed by atoms with van der Waals surface area (Å²) in [5.41, 5.74) is 1.04. The standard InChI is InChI=1S/C12H15IO/c1-2-3-4-9-12(14)10-7-5-6-8-11(10)13/h2,5-8,12,14H,1,3-4,9H2. The Labute approximate surface area is 99.0 Å². The van der Waals surface area contributed by atoms with E-state index in [2.05, 4.69) is 29.2 Å². The smallest absolute Gasteiger partial charge is 0.0800 e. The summed E-state index contributed by atoms with van der Waals surface area (Å²) in [5.74, 6) is 0. The van der Waals surface area contributed by atoms with Crippen LogP contribution in [0.3, 0.4) is 0 Å². The fourth-order valence-corrected chi connectivity index (χ4v) is 2.10. The van der Waals surface area contributed by atoms with Crippen LogP contribution in [-0.4, -0.2) is 5.11 Å². The Balaban J connectivity index is 2.55. The zero-order valence-electron chi connectivity index (χ0n) is 8.12. The molecule has 1 aromatic rings. The molecule has 0 aliphatic carbocycles. The van der Waals surface area contributed by atoms with E-state index in [-0.39, 0.29) is 6.10 Å². The summed E-state index contributed by atoms with van der Waals surface area (Å²) in [5, 5.41) is 9.89. The van der Waals surface area contributed by atoms with Gasteiger partial charge in [-0.25, -0.2) is 0 Å². The second kappa shape index (κ2) is 6.19. The molecule has 0 fully saturated rings. The van der Waals surface area contributed by atoms with Crippen LogP contribution in [0.1, 0.15) is 30.9 Å². The van der Waals surface area contributed by atoms with Crippen molar-refractivity contribution in [1.29, 1.82) is 0 Å². The van der Waals surface area contributed by atoms with Gasteiger partial charge in [-0.1, -0.05) is 24.3 Å². The van der Waals surface area contributed by atoms with Crippen molar-refractivity contribution in [2.45, 2.75) is 25.4 Å². The zero-order valence-corrected chi connectivity index (χ0v) is 10.3. The first kappa shape index (κ1) is 11.7. The Hall–Kier alpha value is -0.350. The van der Waals surface area contributed by atoms with Gasteiger partial charge in [0.15, 0.2) is 0 Å². The van der Waals surface area contributed by atoms with Gasteiger partial charge in [-0.15, -0.1) is 6.58 Å². The van der Waals surface area contributed by atoms with Gasteiger partial charge >= 0.3 is 0 Å². The molecule has 0 bridgehead atoms. The highest BCUT2D eigenvalue weighted by Crippen LogP contribution is 2.23. The van der Waals surface area contributed by atoms with Gasteiger partial charge in [-0.2, -0.15) is 0 Å². The summed E-state index contributed by atoms with van der Waals surface area (Å²) in [6.45, 7) is 3.66. The Morgan fingerprint density at radius 3 is 2.79 bits per heavy atom. The number of hydrogen-bond acceptors (Lipinski definition) is 1. The molecule has 0 radical (unpaired) electrons. The highest BCUT2D eigenvalue weighted by Gasteiger charge is 2.09. The van der Waals surface area contributed by atoms with Gasteiger partial charge in [-0.3, -0.25) is 0 Å². The zero-order chi connectivity index (χ0) is 10.4. The lowest BCUT2D eigenvalue weighted by Crippen LogP contribution is -1.99. The van der Waals surface area contributed by atoms with E-state index in [1.807, 2.05) is 30.3 Å². The van der Waals surface area contributed by atoms with Crippen LogP contribution in [0.2, 0.25) is 0 Å². The van der Waals surface area contributed by atoms with Crippen LogP contribution in [-0.2, 0) is 0 Å². The molecule has 14 heavy (non-hydrogen) atoms. The van der Waals surface area contributed by atoms with Crippen molar-refractivity contribution in [3.8, 4) is 0 Å². The predicted octanol–water partition coefficient (Wildman–Crippen LogP) is 3.68. The normalized spacial score (nSPS) is 12.4. The molecule has 0 amide bonds. The third-order valence-corrected chi connectivity index (χ3v) is 3.13. The number of halogens is 1. The van der Waals surface area contributed by atoms with Crippen molar-refractivity contribution in [3.63, 3.8) is 0 Å². The molecule has 1 nitrogen and oxygen atoms in total. The van der Waals surface area contributed by atoms with Crippen LogP contribution in [0.15, 0.2) is 36.9 Å². The topological polar surface area (TPSA) is 20.2 Å². The lowest BCUT2D eigenvalue weighted by molar-refractivity contribution is 0.164. The van der Waals surface area contributed by atoms with Crippen molar-refractivity contribution in [3.05, 3.63) is 46.1 Å². The van der Waals surface area contributed by atoms with Gasteiger partial charge < -0.3 is 5.11 Å². The fraction of sp³-hybridized carbons (Fsp3) is 0.333. The number of allylic oxidation sites excluding steroid dienone is 1. The summed E-state index contributed by atoms with van der Waals surface area (Å²) < 4.78 is 1.14. The van der Waals surface area contributed by atoms with Gasteiger partial charge in [-0.05, 0) is 53.5 Å². The first-order chi connectivity index (χ1) is 6.75. The summed E-state index contributed by atoms with van der Waals surface area (Å²) in [4.78, 5) is 0. The molecule has 2 heteroatoms. The highest BCUT2D eigenvalue weighted by atomic mass is 127. The van der Waals surface area contributed by atoms with E-state index in [0.29, 0.717) is 0 Å².